The van der Waals surface area contributed by atoms with Gasteiger partial charge in [-0.15, -0.1) is 0 Å². The maximum atomic E-state index is 9.47. The first-order valence-corrected chi connectivity index (χ1v) is 7.08. The van der Waals surface area contributed by atoms with Crippen LogP contribution in [-0.2, 0) is 5.54 Å². The number of hydrogen-bond acceptors (Lipinski definition) is 3. The van der Waals surface area contributed by atoms with E-state index in [1.807, 2.05) is 37.4 Å². The summed E-state index contributed by atoms with van der Waals surface area (Å²) in [5.41, 5.74) is 8.57. The van der Waals surface area contributed by atoms with Gasteiger partial charge < -0.3 is 10.6 Å². The molecule has 0 heterocycles. The number of nitrogens with zero attached hydrogens (tertiary/aromatic N) is 2. The van der Waals surface area contributed by atoms with E-state index in [1.165, 1.54) is 5.56 Å². The summed E-state index contributed by atoms with van der Waals surface area (Å²) in [5, 5.41) is 9.47. The van der Waals surface area contributed by atoms with Crippen LogP contribution in [0.15, 0.2) is 54.6 Å². The Morgan fingerprint density at radius 2 is 1.71 bits per heavy atom. The molecule has 1 unspecified atom stereocenters. The van der Waals surface area contributed by atoms with Gasteiger partial charge in [0.05, 0.1) is 6.07 Å². The van der Waals surface area contributed by atoms with Crippen LogP contribution in [0, 0.1) is 18.3 Å². The Labute approximate surface area is 126 Å². The van der Waals surface area contributed by atoms with Crippen LogP contribution in [0.3, 0.4) is 0 Å². The van der Waals surface area contributed by atoms with Gasteiger partial charge in [-0.05, 0) is 24.6 Å². The zero-order valence-corrected chi connectivity index (χ0v) is 12.6. The van der Waals surface area contributed by atoms with E-state index in [2.05, 4.69) is 42.2 Å². The minimum absolute atomic E-state index is 0.581. The number of hydrogen-bond donors (Lipinski definition) is 1. The standard InChI is InChI=1S/C18H21N3/c1-15-8-10-17(11-9-15)21(2)13-12-18(20,14-19)16-6-4-3-5-7-16/h3-11H,12-13,20H2,1-2H3. The fourth-order valence-corrected chi connectivity index (χ4v) is 2.27. The molecule has 0 aliphatic heterocycles. The van der Waals surface area contributed by atoms with Crippen molar-refractivity contribution in [2.75, 3.05) is 18.5 Å². The third kappa shape index (κ3) is 3.62. The van der Waals surface area contributed by atoms with E-state index >= 15 is 0 Å². The van der Waals surface area contributed by atoms with Gasteiger partial charge in [0, 0.05) is 25.7 Å². The van der Waals surface area contributed by atoms with E-state index in [1.54, 1.807) is 0 Å². The molecule has 0 spiro atoms. The average molecular weight is 279 g/mol. The molecule has 0 saturated heterocycles. The third-order valence-electron chi connectivity index (χ3n) is 3.80. The lowest BCUT2D eigenvalue weighted by Gasteiger charge is -2.26. The molecular weight excluding hydrogens is 258 g/mol. The van der Waals surface area contributed by atoms with Gasteiger partial charge in [0.1, 0.15) is 5.54 Å². The molecule has 0 amide bonds. The number of rotatable bonds is 5. The first-order chi connectivity index (χ1) is 10.0. The van der Waals surface area contributed by atoms with E-state index in [0.29, 0.717) is 6.42 Å². The monoisotopic (exact) mass is 279 g/mol. The minimum Gasteiger partial charge on any atom is -0.374 e. The molecule has 2 aromatic rings. The molecule has 2 rings (SSSR count). The van der Waals surface area contributed by atoms with Crippen LogP contribution in [-0.4, -0.2) is 13.6 Å². The van der Waals surface area contributed by atoms with E-state index in [4.69, 9.17) is 5.73 Å². The lowest BCUT2D eigenvalue weighted by Crippen LogP contribution is -2.38. The van der Waals surface area contributed by atoms with Gasteiger partial charge in [0.2, 0.25) is 0 Å². The zero-order valence-electron chi connectivity index (χ0n) is 12.6. The predicted octanol–water partition coefficient (Wildman–Crippen LogP) is 3.20. The SMILES string of the molecule is Cc1ccc(N(C)CCC(N)(C#N)c2ccccc2)cc1. The van der Waals surface area contributed by atoms with Crippen LogP contribution < -0.4 is 10.6 Å². The number of aryl methyl sites for hydroxylation is 1. The van der Waals surface area contributed by atoms with Gasteiger partial charge in [-0.2, -0.15) is 5.26 Å². The molecular formula is C18H21N3. The lowest BCUT2D eigenvalue weighted by molar-refractivity contribution is 0.526. The van der Waals surface area contributed by atoms with Crippen LogP contribution in [0.4, 0.5) is 5.69 Å². The Morgan fingerprint density at radius 3 is 2.29 bits per heavy atom. The van der Waals surface area contributed by atoms with Crippen molar-refractivity contribution in [3.63, 3.8) is 0 Å². The predicted molar refractivity (Wildman–Crippen MR) is 87.0 cm³/mol. The third-order valence-corrected chi connectivity index (χ3v) is 3.80. The quantitative estimate of drug-likeness (QED) is 0.914. The Hall–Kier alpha value is -2.31. The fourth-order valence-electron chi connectivity index (χ4n) is 2.27. The summed E-state index contributed by atoms with van der Waals surface area (Å²) in [6, 6.07) is 20.2. The van der Waals surface area contributed by atoms with Gasteiger partial charge in [0.25, 0.3) is 0 Å². The van der Waals surface area contributed by atoms with Crippen molar-refractivity contribution in [2.45, 2.75) is 18.9 Å². The molecule has 0 fully saturated rings. The number of nitriles is 1. The second-order valence-corrected chi connectivity index (χ2v) is 5.46. The van der Waals surface area contributed by atoms with Crippen molar-refractivity contribution < 1.29 is 0 Å². The largest absolute Gasteiger partial charge is 0.374 e. The zero-order chi connectivity index (χ0) is 15.3. The van der Waals surface area contributed by atoms with Crippen LogP contribution in [0.5, 0.6) is 0 Å². The van der Waals surface area contributed by atoms with E-state index in [0.717, 1.165) is 17.8 Å². The van der Waals surface area contributed by atoms with Crippen molar-refractivity contribution in [3.05, 3.63) is 65.7 Å². The summed E-state index contributed by atoms with van der Waals surface area (Å²) >= 11 is 0. The molecule has 0 saturated carbocycles. The van der Waals surface area contributed by atoms with Crippen LogP contribution in [0.25, 0.3) is 0 Å². The van der Waals surface area contributed by atoms with Crippen molar-refractivity contribution >= 4 is 5.69 Å². The highest BCUT2D eigenvalue weighted by atomic mass is 15.1. The summed E-state index contributed by atoms with van der Waals surface area (Å²) in [4.78, 5) is 2.13. The smallest absolute Gasteiger partial charge is 0.131 e. The first kappa shape index (κ1) is 15.1. The molecule has 0 aliphatic rings. The second kappa shape index (κ2) is 6.43. The average Bonchev–Trinajstić information content (AvgIpc) is 2.54. The highest BCUT2D eigenvalue weighted by Gasteiger charge is 2.27. The minimum atomic E-state index is -0.944. The normalized spacial score (nSPS) is 13.2. The maximum absolute atomic E-state index is 9.47. The molecule has 3 heteroatoms. The molecule has 0 aliphatic carbocycles. The molecule has 108 valence electrons. The van der Waals surface area contributed by atoms with E-state index in [-0.39, 0.29) is 0 Å². The molecule has 2 aromatic carbocycles. The summed E-state index contributed by atoms with van der Waals surface area (Å²) < 4.78 is 0. The molecule has 0 bridgehead atoms. The van der Waals surface area contributed by atoms with Crippen LogP contribution in [0.1, 0.15) is 17.5 Å². The summed E-state index contributed by atoms with van der Waals surface area (Å²) in [6.07, 6.45) is 0.581. The topological polar surface area (TPSA) is 53.0 Å². The Kier molecular flexibility index (Phi) is 4.62. The molecule has 3 nitrogen and oxygen atoms in total. The fraction of sp³-hybridized carbons (Fsp3) is 0.278. The van der Waals surface area contributed by atoms with Crippen molar-refractivity contribution in [1.82, 2.24) is 0 Å². The van der Waals surface area contributed by atoms with Crippen molar-refractivity contribution in [1.29, 1.82) is 5.26 Å². The van der Waals surface area contributed by atoms with Gasteiger partial charge >= 0.3 is 0 Å². The Bertz CT molecular complexity index is 613. The maximum Gasteiger partial charge on any atom is 0.131 e. The molecule has 0 radical (unpaired) electrons. The Morgan fingerprint density at radius 1 is 1.10 bits per heavy atom. The number of anilines is 1. The van der Waals surface area contributed by atoms with E-state index < -0.39 is 5.54 Å². The first-order valence-electron chi connectivity index (χ1n) is 7.08. The lowest BCUT2D eigenvalue weighted by atomic mass is 9.89. The van der Waals surface area contributed by atoms with Crippen LogP contribution in [0.2, 0.25) is 0 Å². The number of nitrogens with two attached hydrogens (primary N) is 1. The summed E-state index contributed by atoms with van der Waals surface area (Å²) in [6.45, 7) is 2.79. The molecule has 1 atom stereocenters. The second-order valence-electron chi connectivity index (χ2n) is 5.46. The molecule has 0 aromatic heterocycles. The summed E-state index contributed by atoms with van der Waals surface area (Å²) in [5.74, 6) is 0. The van der Waals surface area contributed by atoms with Gasteiger partial charge in [-0.3, -0.25) is 0 Å². The Balaban J connectivity index is 2.07. The van der Waals surface area contributed by atoms with Crippen molar-refractivity contribution in [3.8, 4) is 6.07 Å². The summed E-state index contributed by atoms with van der Waals surface area (Å²) in [7, 11) is 2.02. The molecule has 2 N–H and O–H groups in total. The van der Waals surface area contributed by atoms with E-state index in [9.17, 15) is 5.26 Å². The van der Waals surface area contributed by atoms with Gasteiger partial charge in [0.15, 0.2) is 0 Å². The van der Waals surface area contributed by atoms with Gasteiger partial charge in [-0.1, -0.05) is 48.0 Å². The highest BCUT2D eigenvalue weighted by molar-refractivity contribution is 5.47. The number of benzene rings is 2. The van der Waals surface area contributed by atoms with Crippen LogP contribution >= 0.6 is 0 Å². The highest BCUT2D eigenvalue weighted by Crippen LogP contribution is 2.23. The van der Waals surface area contributed by atoms with Gasteiger partial charge in [-0.25, -0.2) is 0 Å². The van der Waals surface area contributed by atoms with Crippen molar-refractivity contribution in [2.24, 2.45) is 5.73 Å². The molecule has 21 heavy (non-hydrogen) atoms.